The molecule has 4 nitrogen and oxygen atoms in total. The van der Waals surface area contributed by atoms with Gasteiger partial charge in [0.2, 0.25) is 0 Å². The zero-order valence-electron chi connectivity index (χ0n) is 11.2. The summed E-state index contributed by atoms with van der Waals surface area (Å²) in [5, 5.41) is 9.28. The molecule has 0 bridgehead atoms. The van der Waals surface area contributed by atoms with Crippen LogP contribution in [0.3, 0.4) is 0 Å². The molecule has 3 N–H and O–H groups in total. The van der Waals surface area contributed by atoms with Gasteiger partial charge in [-0.05, 0) is 49.9 Å². The molecule has 0 saturated carbocycles. The topological polar surface area (TPSA) is 61.4 Å². The van der Waals surface area contributed by atoms with Gasteiger partial charge in [-0.15, -0.1) is 0 Å². The molecule has 0 spiro atoms. The molecule has 1 fully saturated rings. The van der Waals surface area contributed by atoms with Crippen molar-refractivity contribution < 1.29 is 9.90 Å². The van der Waals surface area contributed by atoms with Crippen LogP contribution in [0.1, 0.15) is 35.1 Å². The van der Waals surface area contributed by atoms with E-state index in [1.807, 2.05) is 13.8 Å². The third-order valence-corrected chi connectivity index (χ3v) is 3.87. The van der Waals surface area contributed by atoms with Crippen molar-refractivity contribution in [2.45, 2.75) is 45.7 Å². The second kappa shape index (κ2) is 4.71. The molecule has 1 saturated heterocycles. The number of hydrogen-bond donors (Lipinski definition) is 3. The number of rotatable bonds is 2. The molecule has 0 radical (unpaired) electrons. The van der Waals surface area contributed by atoms with Crippen molar-refractivity contribution in [2.24, 2.45) is 0 Å². The normalized spacial score (nSPS) is 27.4. The molecule has 98 valence electrons. The zero-order chi connectivity index (χ0) is 13.4. The first-order valence-corrected chi connectivity index (χ1v) is 6.23. The monoisotopic (exact) mass is 248 g/mol. The Hall–Kier alpha value is -1.39. The molecule has 0 aliphatic carbocycles. The van der Waals surface area contributed by atoms with E-state index in [0.29, 0.717) is 0 Å². The van der Waals surface area contributed by atoms with Crippen molar-refractivity contribution in [2.75, 3.05) is 0 Å². The second-order valence-electron chi connectivity index (χ2n) is 5.21. The lowest BCUT2D eigenvalue weighted by molar-refractivity contribution is -0.139. The minimum absolute atomic E-state index is 0.0400. The summed E-state index contributed by atoms with van der Waals surface area (Å²) in [6.07, 6.45) is 0. The van der Waals surface area contributed by atoms with Crippen molar-refractivity contribution in [3.8, 4) is 0 Å². The van der Waals surface area contributed by atoms with E-state index in [9.17, 15) is 9.90 Å². The number of hydrazine groups is 1. The smallest absolute Gasteiger partial charge is 0.322 e. The molecule has 0 amide bonds. The summed E-state index contributed by atoms with van der Waals surface area (Å²) in [5.74, 6) is -0.851. The molecule has 1 aliphatic heterocycles. The van der Waals surface area contributed by atoms with Crippen LogP contribution in [0.2, 0.25) is 0 Å². The largest absolute Gasteiger partial charge is 0.480 e. The van der Waals surface area contributed by atoms with Gasteiger partial charge in [0, 0.05) is 12.0 Å². The van der Waals surface area contributed by atoms with Crippen molar-refractivity contribution in [3.05, 3.63) is 34.4 Å². The summed E-state index contributed by atoms with van der Waals surface area (Å²) in [6.45, 7) is 8.20. The summed E-state index contributed by atoms with van der Waals surface area (Å²) in [4.78, 5) is 11.3. The lowest BCUT2D eigenvalue weighted by atomic mass is 9.83. The van der Waals surface area contributed by atoms with Crippen LogP contribution in [0.25, 0.3) is 0 Å². The molecule has 1 heterocycles. The van der Waals surface area contributed by atoms with Crippen molar-refractivity contribution in [1.29, 1.82) is 0 Å². The first-order chi connectivity index (χ1) is 8.41. The van der Waals surface area contributed by atoms with E-state index in [1.54, 1.807) is 0 Å². The Kier molecular flexibility index (Phi) is 3.41. The average Bonchev–Trinajstić information content (AvgIpc) is 2.66. The molecule has 3 unspecified atom stereocenters. The minimum atomic E-state index is -0.811. The number of nitrogens with one attached hydrogen (secondary N) is 2. The first-order valence-electron chi connectivity index (χ1n) is 6.23. The number of carboxylic acid groups (broad SMARTS) is 1. The van der Waals surface area contributed by atoms with Gasteiger partial charge in [0.05, 0.1) is 0 Å². The maximum absolute atomic E-state index is 11.3. The van der Waals surface area contributed by atoms with Gasteiger partial charge in [-0.3, -0.25) is 10.2 Å². The summed E-state index contributed by atoms with van der Waals surface area (Å²) < 4.78 is 0. The fraction of sp³-hybridized carbons (Fsp3) is 0.500. The van der Waals surface area contributed by atoms with Crippen LogP contribution in [-0.2, 0) is 4.79 Å². The average molecular weight is 248 g/mol. The van der Waals surface area contributed by atoms with Gasteiger partial charge in [0.25, 0.3) is 0 Å². The third-order valence-electron chi connectivity index (χ3n) is 3.87. The van der Waals surface area contributed by atoms with Gasteiger partial charge in [0.1, 0.15) is 6.04 Å². The molecule has 0 aromatic heterocycles. The molecule has 4 heteroatoms. The van der Waals surface area contributed by atoms with Crippen LogP contribution in [0.5, 0.6) is 0 Å². The maximum Gasteiger partial charge on any atom is 0.322 e. The van der Waals surface area contributed by atoms with Crippen molar-refractivity contribution >= 4 is 5.97 Å². The second-order valence-corrected chi connectivity index (χ2v) is 5.21. The van der Waals surface area contributed by atoms with E-state index in [0.717, 1.165) is 11.1 Å². The SMILES string of the molecule is Cc1cc(C)c(C2C(C)NNC2C(=O)O)cc1C. The van der Waals surface area contributed by atoms with E-state index < -0.39 is 12.0 Å². The number of aryl methyl sites for hydroxylation is 3. The number of carboxylic acids is 1. The Morgan fingerprint density at radius 3 is 2.33 bits per heavy atom. The lowest BCUT2D eigenvalue weighted by Crippen LogP contribution is -2.38. The fourth-order valence-electron chi connectivity index (χ4n) is 2.70. The summed E-state index contributed by atoms with van der Waals surface area (Å²) in [7, 11) is 0. The number of aliphatic carboxylic acids is 1. The standard InChI is InChI=1S/C14H20N2O2/c1-7-5-9(3)11(6-8(7)2)12-10(4)15-16-13(12)14(17)18/h5-6,10,12-13,15-16H,1-4H3,(H,17,18). The van der Waals surface area contributed by atoms with E-state index in [1.165, 1.54) is 11.1 Å². The van der Waals surface area contributed by atoms with Crippen molar-refractivity contribution in [3.63, 3.8) is 0 Å². The summed E-state index contributed by atoms with van der Waals surface area (Å²) in [6, 6.07) is 3.79. The Balaban J connectivity index is 2.46. The summed E-state index contributed by atoms with van der Waals surface area (Å²) in [5.41, 5.74) is 10.6. The Bertz CT molecular complexity index is 485. The van der Waals surface area contributed by atoms with Crippen LogP contribution < -0.4 is 10.9 Å². The first kappa shape index (κ1) is 13.1. The Morgan fingerprint density at radius 2 is 1.72 bits per heavy atom. The maximum atomic E-state index is 11.3. The van der Waals surface area contributed by atoms with Crippen LogP contribution >= 0.6 is 0 Å². The fourth-order valence-corrected chi connectivity index (χ4v) is 2.70. The zero-order valence-corrected chi connectivity index (χ0v) is 11.2. The van der Waals surface area contributed by atoms with Crippen LogP contribution in [0, 0.1) is 20.8 Å². The Morgan fingerprint density at radius 1 is 1.11 bits per heavy atom. The highest BCUT2D eigenvalue weighted by Crippen LogP contribution is 2.31. The van der Waals surface area contributed by atoms with Gasteiger partial charge in [0.15, 0.2) is 0 Å². The van der Waals surface area contributed by atoms with E-state index >= 15 is 0 Å². The molecule has 18 heavy (non-hydrogen) atoms. The lowest BCUT2D eigenvalue weighted by Gasteiger charge is -2.22. The third kappa shape index (κ3) is 2.13. The molecular weight excluding hydrogens is 228 g/mol. The minimum Gasteiger partial charge on any atom is -0.480 e. The van der Waals surface area contributed by atoms with Crippen LogP contribution in [0.15, 0.2) is 12.1 Å². The van der Waals surface area contributed by atoms with Crippen LogP contribution in [-0.4, -0.2) is 23.2 Å². The van der Waals surface area contributed by atoms with Gasteiger partial charge >= 0.3 is 5.97 Å². The van der Waals surface area contributed by atoms with Crippen LogP contribution in [0.4, 0.5) is 0 Å². The van der Waals surface area contributed by atoms with Crippen molar-refractivity contribution in [1.82, 2.24) is 10.9 Å². The molecule has 3 atom stereocenters. The summed E-state index contributed by atoms with van der Waals surface area (Å²) >= 11 is 0. The van der Waals surface area contributed by atoms with E-state index in [4.69, 9.17) is 0 Å². The predicted octanol–water partition coefficient (Wildman–Crippen LogP) is 1.64. The highest BCUT2D eigenvalue weighted by Gasteiger charge is 2.39. The predicted molar refractivity (Wildman–Crippen MR) is 70.6 cm³/mol. The number of carbonyl (C=O) groups is 1. The molecule has 1 aromatic carbocycles. The highest BCUT2D eigenvalue weighted by molar-refractivity contribution is 5.76. The number of hydrogen-bond acceptors (Lipinski definition) is 3. The molecule has 2 rings (SSSR count). The molecule has 1 aromatic rings. The highest BCUT2D eigenvalue weighted by atomic mass is 16.4. The Labute approximate surface area is 107 Å². The van der Waals surface area contributed by atoms with Gasteiger partial charge in [-0.2, -0.15) is 0 Å². The quantitative estimate of drug-likeness (QED) is 0.744. The molecule has 1 aliphatic rings. The van der Waals surface area contributed by atoms with Gasteiger partial charge in [-0.25, -0.2) is 5.43 Å². The van der Waals surface area contributed by atoms with Gasteiger partial charge in [-0.1, -0.05) is 12.1 Å². The van der Waals surface area contributed by atoms with Gasteiger partial charge < -0.3 is 5.11 Å². The van der Waals surface area contributed by atoms with E-state index in [2.05, 4.69) is 36.8 Å². The van der Waals surface area contributed by atoms with E-state index in [-0.39, 0.29) is 12.0 Å². The molecular formula is C14H20N2O2. The number of benzene rings is 1.